The number of carbonyl (C=O) groups excluding carboxylic acids is 1. The van der Waals surface area contributed by atoms with Crippen molar-refractivity contribution in [3.05, 3.63) is 94.3 Å². The lowest BCUT2D eigenvalue weighted by Crippen LogP contribution is -2.21. The molecule has 0 amide bonds. The van der Waals surface area contributed by atoms with Crippen molar-refractivity contribution in [2.45, 2.75) is 6.92 Å². The average molecular weight is 388 g/mol. The van der Waals surface area contributed by atoms with Gasteiger partial charge in [-0.3, -0.25) is 14.3 Å². The fourth-order valence-electron chi connectivity index (χ4n) is 3.48. The number of fused-ring (bicyclic) bond motifs is 1. The summed E-state index contributed by atoms with van der Waals surface area (Å²) in [6, 6.07) is 16.7. The molecule has 4 rings (SSSR count). The van der Waals surface area contributed by atoms with Crippen LogP contribution in [0.5, 0.6) is 0 Å². The highest BCUT2D eigenvalue weighted by molar-refractivity contribution is 6.07. The smallest absolute Gasteiger partial charge is 0.340 e. The Kier molecular flexibility index (Phi) is 4.68. The Morgan fingerprint density at radius 2 is 1.72 bits per heavy atom. The van der Waals surface area contributed by atoms with Gasteiger partial charge < -0.3 is 4.74 Å². The molecule has 2 aromatic heterocycles. The van der Waals surface area contributed by atoms with Crippen molar-refractivity contribution in [1.29, 1.82) is 0 Å². The minimum Gasteiger partial charge on any atom is -0.465 e. The zero-order chi connectivity index (χ0) is 20.5. The number of rotatable bonds is 3. The first kappa shape index (κ1) is 18.6. The van der Waals surface area contributed by atoms with Crippen LogP contribution in [-0.4, -0.2) is 22.6 Å². The molecular formula is C23H17FN2O3. The van der Waals surface area contributed by atoms with Gasteiger partial charge in [-0.15, -0.1) is 0 Å². The first-order chi connectivity index (χ1) is 14.0. The Morgan fingerprint density at radius 1 is 1.03 bits per heavy atom. The molecular weight excluding hydrogens is 371 g/mol. The Labute approximate surface area is 166 Å². The average Bonchev–Trinajstić information content (AvgIpc) is 2.74. The second-order valence-corrected chi connectivity index (χ2v) is 6.51. The molecule has 0 fully saturated rings. The van der Waals surface area contributed by atoms with E-state index in [0.29, 0.717) is 22.3 Å². The van der Waals surface area contributed by atoms with E-state index in [-0.39, 0.29) is 16.6 Å². The number of methoxy groups -OCH3 is 1. The summed E-state index contributed by atoms with van der Waals surface area (Å²) in [5.74, 6) is -1.11. The van der Waals surface area contributed by atoms with Gasteiger partial charge in [0.25, 0.3) is 5.56 Å². The van der Waals surface area contributed by atoms with Crippen LogP contribution in [0.25, 0.3) is 27.7 Å². The van der Waals surface area contributed by atoms with Crippen molar-refractivity contribution in [3.8, 4) is 16.8 Å². The maximum Gasteiger partial charge on any atom is 0.340 e. The van der Waals surface area contributed by atoms with Crippen LogP contribution in [-0.2, 0) is 4.74 Å². The second-order valence-electron chi connectivity index (χ2n) is 6.51. The number of esters is 1. The quantitative estimate of drug-likeness (QED) is 0.491. The van der Waals surface area contributed by atoms with Gasteiger partial charge in [0.05, 0.1) is 35.0 Å². The van der Waals surface area contributed by atoms with Crippen molar-refractivity contribution in [2.24, 2.45) is 0 Å². The van der Waals surface area contributed by atoms with Crippen LogP contribution in [0.3, 0.4) is 0 Å². The first-order valence-corrected chi connectivity index (χ1v) is 8.97. The molecule has 2 aromatic carbocycles. The zero-order valence-corrected chi connectivity index (χ0v) is 15.8. The number of aromatic nitrogens is 2. The van der Waals surface area contributed by atoms with Gasteiger partial charge in [-0.05, 0) is 30.7 Å². The molecule has 0 bridgehead atoms. The summed E-state index contributed by atoms with van der Waals surface area (Å²) in [5, 5.41) is 0.230. The van der Waals surface area contributed by atoms with Gasteiger partial charge in [-0.2, -0.15) is 0 Å². The van der Waals surface area contributed by atoms with Crippen LogP contribution < -0.4 is 5.56 Å². The number of hydrogen-bond acceptors (Lipinski definition) is 4. The number of halogens is 1. The van der Waals surface area contributed by atoms with E-state index in [1.807, 2.05) is 18.2 Å². The molecule has 0 aliphatic carbocycles. The van der Waals surface area contributed by atoms with Crippen molar-refractivity contribution in [3.63, 3.8) is 0 Å². The molecule has 0 aliphatic rings. The minimum atomic E-state index is -0.587. The lowest BCUT2D eigenvalue weighted by Gasteiger charge is -2.15. The highest BCUT2D eigenvalue weighted by atomic mass is 19.1. The van der Waals surface area contributed by atoms with Crippen molar-refractivity contribution < 1.29 is 13.9 Å². The predicted molar refractivity (Wildman–Crippen MR) is 109 cm³/mol. The van der Waals surface area contributed by atoms with Gasteiger partial charge in [0.2, 0.25) is 0 Å². The molecule has 0 spiro atoms. The van der Waals surface area contributed by atoms with Crippen LogP contribution >= 0.6 is 0 Å². The number of nitrogens with zero attached hydrogens (tertiary/aromatic N) is 2. The van der Waals surface area contributed by atoms with Crippen molar-refractivity contribution in [2.75, 3.05) is 7.11 Å². The van der Waals surface area contributed by atoms with E-state index in [4.69, 9.17) is 4.74 Å². The number of hydrogen-bond donors (Lipinski definition) is 0. The second kappa shape index (κ2) is 7.31. The number of pyridine rings is 2. The fraction of sp³-hybridized carbons (Fsp3) is 0.0870. The highest BCUT2D eigenvalue weighted by Crippen LogP contribution is 2.32. The first-order valence-electron chi connectivity index (χ1n) is 8.97. The van der Waals surface area contributed by atoms with Crippen molar-refractivity contribution in [1.82, 2.24) is 9.55 Å². The van der Waals surface area contributed by atoms with E-state index in [0.717, 1.165) is 0 Å². The summed E-state index contributed by atoms with van der Waals surface area (Å²) < 4.78 is 20.5. The number of aryl methyl sites for hydroxylation is 1. The lowest BCUT2D eigenvalue weighted by molar-refractivity contribution is 0.0600. The zero-order valence-electron chi connectivity index (χ0n) is 15.8. The van der Waals surface area contributed by atoms with E-state index >= 15 is 0 Å². The Hall–Kier alpha value is -3.80. The van der Waals surface area contributed by atoms with Crippen molar-refractivity contribution >= 4 is 16.9 Å². The maximum atomic E-state index is 14.4. The molecule has 29 heavy (non-hydrogen) atoms. The van der Waals surface area contributed by atoms with Crippen LogP contribution in [0.1, 0.15) is 16.1 Å². The molecule has 0 unspecified atom stereocenters. The summed E-state index contributed by atoms with van der Waals surface area (Å²) in [4.78, 5) is 30.5. The summed E-state index contributed by atoms with van der Waals surface area (Å²) in [5.41, 5.74) is 1.84. The third kappa shape index (κ3) is 3.08. The Balaban J connectivity index is 2.18. The van der Waals surface area contributed by atoms with Crippen LogP contribution in [0.15, 0.2) is 71.7 Å². The summed E-state index contributed by atoms with van der Waals surface area (Å²) >= 11 is 0. The third-order valence-electron chi connectivity index (χ3n) is 4.78. The third-order valence-corrected chi connectivity index (χ3v) is 4.78. The van der Waals surface area contributed by atoms with Gasteiger partial charge in [-0.25, -0.2) is 9.18 Å². The molecule has 0 N–H and O–H groups in total. The standard InChI is InChI=1S/C23H17FN2O3/c1-14-19(23(28)29-2)20(15-8-4-3-5-9-15)21-17(25-14)12-13-26(22(21)27)18-11-7-6-10-16(18)24/h3-13H,1-2H3. The molecule has 2 heterocycles. The largest absolute Gasteiger partial charge is 0.465 e. The molecule has 0 saturated carbocycles. The normalized spacial score (nSPS) is 10.9. The van der Waals surface area contributed by atoms with E-state index in [1.165, 1.54) is 30.0 Å². The summed E-state index contributed by atoms with van der Waals surface area (Å²) in [6.07, 6.45) is 1.49. The van der Waals surface area contributed by atoms with E-state index in [1.54, 1.807) is 37.3 Å². The van der Waals surface area contributed by atoms with Crippen LogP contribution in [0, 0.1) is 12.7 Å². The van der Waals surface area contributed by atoms with E-state index in [9.17, 15) is 14.0 Å². The van der Waals surface area contributed by atoms with E-state index in [2.05, 4.69) is 4.98 Å². The molecule has 0 saturated heterocycles. The van der Waals surface area contributed by atoms with Crippen LogP contribution in [0.4, 0.5) is 4.39 Å². The number of benzene rings is 2. The molecule has 0 radical (unpaired) electrons. The van der Waals surface area contributed by atoms with Gasteiger partial charge in [0.1, 0.15) is 5.82 Å². The summed E-state index contributed by atoms with van der Waals surface area (Å²) in [6.45, 7) is 1.69. The SMILES string of the molecule is COC(=O)c1c(C)nc2ccn(-c3ccccc3F)c(=O)c2c1-c1ccccc1. The minimum absolute atomic E-state index is 0.124. The van der Waals surface area contributed by atoms with Gasteiger partial charge in [0, 0.05) is 11.8 Å². The van der Waals surface area contributed by atoms with E-state index < -0.39 is 17.3 Å². The number of ether oxygens (including phenoxy) is 1. The highest BCUT2D eigenvalue weighted by Gasteiger charge is 2.23. The maximum absolute atomic E-state index is 14.4. The Morgan fingerprint density at radius 3 is 2.41 bits per heavy atom. The molecule has 6 heteroatoms. The summed E-state index contributed by atoms with van der Waals surface area (Å²) in [7, 11) is 1.28. The monoisotopic (exact) mass is 388 g/mol. The topological polar surface area (TPSA) is 61.2 Å². The predicted octanol–water partition coefficient (Wildman–Crippen LogP) is 4.29. The molecule has 0 aliphatic heterocycles. The molecule has 5 nitrogen and oxygen atoms in total. The van der Waals surface area contributed by atoms with Gasteiger partial charge >= 0.3 is 5.97 Å². The van der Waals surface area contributed by atoms with Gasteiger partial charge in [0.15, 0.2) is 0 Å². The number of para-hydroxylation sites is 1. The Bertz CT molecular complexity index is 1300. The number of carbonyl (C=O) groups is 1. The lowest BCUT2D eigenvalue weighted by atomic mass is 9.95. The molecule has 144 valence electrons. The molecule has 0 atom stereocenters. The molecule has 4 aromatic rings. The fourth-order valence-corrected chi connectivity index (χ4v) is 3.48. The van der Waals surface area contributed by atoms with Crippen LogP contribution in [0.2, 0.25) is 0 Å². The van der Waals surface area contributed by atoms with Gasteiger partial charge in [-0.1, -0.05) is 42.5 Å².